The predicted octanol–water partition coefficient (Wildman–Crippen LogP) is 11.6. The highest BCUT2D eigenvalue weighted by Crippen LogP contribution is 2.41. The Morgan fingerprint density at radius 1 is 0.523 bits per heavy atom. The molecule has 2 heterocycles. The van der Waals surface area contributed by atoms with Crippen LogP contribution in [0.4, 0.5) is 0 Å². The maximum absolute atomic E-state index is 6.39. The molecule has 0 fully saturated rings. The zero-order chi connectivity index (χ0) is 29.9. The third-order valence-electron chi connectivity index (χ3n) is 8.64. The van der Waals surface area contributed by atoms with Crippen LogP contribution in [0.5, 0.6) is 5.75 Å². The van der Waals surface area contributed by atoms with Crippen molar-refractivity contribution in [3.05, 3.63) is 90.5 Å². The van der Waals surface area contributed by atoms with Crippen molar-refractivity contribution in [1.29, 1.82) is 0 Å². The van der Waals surface area contributed by atoms with Crippen molar-refractivity contribution in [3.8, 4) is 16.9 Å². The van der Waals surface area contributed by atoms with Gasteiger partial charge >= 0.3 is 0 Å². The van der Waals surface area contributed by atoms with Gasteiger partial charge in [-0.3, -0.25) is 0 Å². The average molecular weight is 585 g/mol. The van der Waals surface area contributed by atoms with Crippen LogP contribution in [0.1, 0.15) is 57.9 Å². The van der Waals surface area contributed by atoms with Gasteiger partial charge in [-0.25, -0.2) is 0 Å². The van der Waals surface area contributed by atoms with Crippen molar-refractivity contribution in [1.82, 2.24) is 0 Å². The van der Waals surface area contributed by atoms with E-state index in [9.17, 15) is 0 Å². The summed E-state index contributed by atoms with van der Waals surface area (Å²) in [6.07, 6.45) is 7.77. The molecule has 7 rings (SSSR count). The van der Waals surface area contributed by atoms with Crippen LogP contribution in [0.25, 0.3) is 65.8 Å². The van der Waals surface area contributed by atoms with Gasteiger partial charge in [0.1, 0.15) is 28.1 Å². The molecule has 0 unspecified atom stereocenters. The van der Waals surface area contributed by atoms with Crippen LogP contribution in [-0.2, 0) is 11.2 Å². The lowest BCUT2D eigenvalue weighted by molar-refractivity contribution is 0.132. The van der Waals surface area contributed by atoms with Crippen LogP contribution in [-0.4, -0.2) is 19.8 Å². The zero-order valence-corrected chi connectivity index (χ0v) is 25.8. The first kappa shape index (κ1) is 28.5. The quantitative estimate of drug-likeness (QED) is 0.126. The summed E-state index contributed by atoms with van der Waals surface area (Å²) in [6, 6.07) is 30.1. The van der Waals surface area contributed by atoms with Crippen LogP contribution in [0.15, 0.2) is 93.8 Å². The van der Waals surface area contributed by atoms with Gasteiger partial charge in [0.15, 0.2) is 0 Å². The second kappa shape index (κ2) is 12.8. The van der Waals surface area contributed by atoms with Crippen LogP contribution < -0.4 is 4.74 Å². The summed E-state index contributed by atoms with van der Waals surface area (Å²) in [7, 11) is 0. The van der Waals surface area contributed by atoms with Gasteiger partial charge in [-0.15, -0.1) is 0 Å². The Kier molecular flexibility index (Phi) is 8.26. The van der Waals surface area contributed by atoms with E-state index in [2.05, 4.69) is 86.6 Å². The molecule has 7 aromatic rings. The third kappa shape index (κ3) is 5.55. The molecule has 0 saturated carbocycles. The number of benzene rings is 5. The Bertz CT molecular complexity index is 2030. The van der Waals surface area contributed by atoms with Gasteiger partial charge in [0.05, 0.1) is 6.61 Å². The van der Waals surface area contributed by atoms with Gasteiger partial charge < -0.3 is 18.3 Å². The molecule has 4 heteroatoms. The summed E-state index contributed by atoms with van der Waals surface area (Å²) in [5.74, 6) is 0.945. The Morgan fingerprint density at radius 2 is 1.27 bits per heavy atom. The number of aryl methyl sites for hydroxylation is 1. The SMILES string of the molecule is CCCCCCOc1cc(CCCOCCC)cc(-c2ccc3oc4ccc5c(ccc6oc7ccccc7c65)c4c3c2)c1. The van der Waals surface area contributed by atoms with Crippen LogP contribution in [0.2, 0.25) is 0 Å². The fourth-order valence-corrected chi connectivity index (χ4v) is 6.48. The van der Waals surface area contributed by atoms with Crippen LogP contribution in [0, 0.1) is 0 Å². The van der Waals surface area contributed by atoms with Gasteiger partial charge in [-0.05, 0) is 108 Å². The van der Waals surface area contributed by atoms with E-state index in [4.69, 9.17) is 18.3 Å². The van der Waals surface area contributed by atoms with Crippen molar-refractivity contribution in [3.63, 3.8) is 0 Å². The molecule has 0 N–H and O–H groups in total. The molecule has 0 bridgehead atoms. The Hall–Kier alpha value is -4.28. The maximum Gasteiger partial charge on any atom is 0.136 e. The summed E-state index contributed by atoms with van der Waals surface area (Å²) < 4.78 is 24.7. The number of hydrogen-bond acceptors (Lipinski definition) is 4. The Morgan fingerprint density at radius 3 is 2.07 bits per heavy atom. The Balaban J connectivity index is 1.30. The number of rotatable bonds is 13. The standard InChI is InChI=1S/C40H40O4/c1-3-5-6-9-22-42-30-24-27(11-10-21-41-20-4-2)23-29(25-30)28-14-17-36-34(26-28)40-32-16-18-37-39(31(32)15-19-38(40)44-36)33-12-7-8-13-35(33)43-37/h7-8,12-19,23-26H,3-6,9-11,20-22H2,1-2H3. The maximum atomic E-state index is 6.39. The van der Waals surface area contributed by atoms with Gasteiger partial charge in [-0.1, -0.05) is 63.4 Å². The van der Waals surface area contributed by atoms with E-state index in [-0.39, 0.29) is 0 Å². The average Bonchev–Trinajstić information content (AvgIpc) is 3.62. The fraction of sp³-hybridized carbons (Fsp3) is 0.300. The van der Waals surface area contributed by atoms with Crippen molar-refractivity contribution >= 4 is 54.6 Å². The molecule has 5 aromatic carbocycles. The lowest BCUT2D eigenvalue weighted by Gasteiger charge is -2.12. The van der Waals surface area contributed by atoms with Crippen LogP contribution >= 0.6 is 0 Å². The minimum Gasteiger partial charge on any atom is -0.494 e. The third-order valence-corrected chi connectivity index (χ3v) is 8.64. The van der Waals surface area contributed by atoms with E-state index in [1.54, 1.807) is 0 Å². The van der Waals surface area contributed by atoms with E-state index >= 15 is 0 Å². The first-order chi connectivity index (χ1) is 21.7. The van der Waals surface area contributed by atoms with Gasteiger partial charge in [0, 0.05) is 34.8 Å². The smallest absolute Gasteiger partial charge is 0.136 e. The highest BCUT2D eigenvalue weighted by Gasteiger charge is 2.16. The molecule has 2 aromatic heterocycles. The highest BCUT2D eigenvalue weighted by molar-refractivity contribution is 6.27. The molecule has 0 atom stereocenters. The van der Waals surface area contributed by atoms with E-state index < -0.39 is 0 Å². The van der Waals surface area contributed by atoms with Gasteiger partial charge in [-0.2, -0.15) is 0 Å². The molecular formula is C40H40O4. The van der Waals surface area contributed by atoms with Crippen molar-refractivity contribution < 1.29 is 18.3 Å². The van der Waals surface area contributed by atoms with Crippen molar-refractivity contribution in [2.24, 2.45) is 0 Å². The van der Waals surface area contributed by atoms with E-state index in [0.29, 0.717) is 0 Å². The lowest BCUT2D eigenvalue weighted by atomic mass is 9.96. The summed E-state index contributed by atoms with van der Waals surface area (Å²) in [5, 5.41) is 6.91. The minimum atomic E-state index is 0.747. The highest BCUT2D eigenvalue weighted by atomic mass is 16.5. The second-order valence-corrected chi connectivity index (χ2v) is 11.9. The van der Waals surface area contributed by atoms with Crippen LogP contribution in [0.3, 0.4) is 0 Å². The number of ether oxygens (including phenoxy) is 2. The largest absolute Gasteiger partial charge is 0.494 e. The second-order valence-electron chi connectivity index (χ2n) is 11.9. The van der Waals surface area contributed by atoms with Crippen molar-refractivity contribution in [2.75, 3.05) is 19.8 Å². The molecule has 4 nitrogen and oxygen atoms in total. The molecule has 0 aliphatic heterocycles. The topological polar surface area (TPSA) is 44.7 Å². The molecular weight excluding hydrogens is 544 g/mol. The monoisotopic (exact) mass is 584 g/mol. The molecule has 44 heavy (non-hydrogen) atoms. The number of para-hydroxylation sites is 1. The first-order valence-corrected chi connectivity index (χ1v) is 16.3. The zero-order valence-electron chi connectivity index (χ0n) is 25.8. The first-order valence-electron chi connectivity index (χ1n) is 16.3. The number of hydrogen-bond donors (Lipinski definition) is 0. The number of furan rings is 2. The molecule has 0 spiro atoms. The normalized spacial score (nSPS) is 12.0. The van der Waals surface area contributed by atoms with Gasteiger partial charge in [0.25, 0.3) is 0 Å². The summed E-state index contributed by atoms with van der Waals surface area (Å²) in [6.45, 7) is 6.74. The summed E-state index contributed by atoms with van der Waals surface area (Å²) >= 11 is 0. The number of unbranched alkanes of at least 4 members (excludes halogenated alkanes) is 3. The molecule has 0 amide bonds. The Labute approximate surface area is 258 Å². The molecule has 0 saturated heterocycles. The van der Waals surface area contributed by atoms with E-state index in [1.807, 2.05) is 12.1 Å². The molecule has 0 aliphatic rings. The minimum absolute atomic E-state index is 0.747. The molecule has 224 valence electrons. The lowest BCUT2D eigenvalue weighted by Crippen LogP contribution is -2.00. The van der Waals surface area contributed by atoms with Gasteiger partial charge in [0.2, 0.25) is 0 Å². The predicted molar refractivity (Wildman–Crippen MR) is 183 cm³/mol. The fourth-order valence-electron chi connectivity index (χ4n) is 6.48. The van der Waals surface area contributed by atoms with E-state index in [0.717, 1.165) is 101 Å². The molecule has 0 aliphatic carbocycles. The summed E-state index contributed by atoms with van der Waals surface area (Å²) in [4.78, 5) is 0. The number of fused-ring (bicyclic) bond motifs is 9. The summed E-state index contributed by atoms with van der Waals surface area (Å²) in [5.41, 5.74) is 7.22. The molecule has 0 radical (unpaired) electrons. The van der Waals surface area contributed by atoms with Crippen molar-refractivity contribution in [2.45, 2.75) is 58.8 Å². The van der Waals surface area contributed by atoms with E-state index in [1.165, 1.54) is 41.2 Å².